The van der Waals surface area contributed by atoms with Gasteiger partial charge in [-0.05, 0) is 41.7 Å². The summed E-state index contributed by atoms with van der Waals surface area (Å²) in [6, 6.07) is 15.1. The van der Waals surface area contributed by atoms with Crippen molar-refractivity contribution in [3.05, 3.63) is 65.4 Å². The number of carbonyl (C=O) groups is 1. The monoisotopic (exact) mass is 430 g/mol. The number of ketones is 1. The van der Waals surface area contributed by atoms with Gasteiger partial charge in [0.15, 0.2) is 11.6 Å². The molecule has 2 aromatic carbocycles. The van der Waals surface area contributed by atoms with Gasteiger partial charge in [0.1, 0.15) is 17.5 Å². The minimum atomic E-state index is -0.379. The van der Waals surface area contributed by atoms with E-state index >= 15 is 0 Å². The summed E-state index contributed by atoms with van der Waals surface area (Å²) in [5.41, 5.74) is 3.29. The van der Waals surface area contributed by atoms with Gasteiger partial charge in [0, 0.05) is 17.7 Å². The largest absolute Gasteiger partial charge is 0.497 e. The van der Waals surface area contributed by atoms with Crippen molar-refractivity contribution in [1.82, 2.24) is 14.8 Å². The summed E-state index contributed by atoms with van der Waals surface area (Å²) >= 11 is 0. The van der Waals surface area contributed by atoms with E-state index in [0.717, 1.165) is 34.6 Å². The van der Waals surface area contributed by atoms with Crippen LogP contribution < -0.4 is 14.8 Å². The number of Topliss-reactive ketones (excluding diaryl/α,β-unsaturated/α-hetero) is 1. The van der Waals surface area contributed by atoms with Crippen LogP contribution in [0.3, 0.4) is 0 Å². The standard InChI is InChI=1S/C25H26N4O3/c1-25(2)13-18-21(19(30)14-25)22(15-8-7-9-16(12-15)31-3)29-24(26-18)27-23(28-29)17-10-5-6-11-20(17)32-4/h5-12,22H,13-14H2,1-4H3,(H,26,27,28). The van der Waals surface area contributed by atoms with Crippen molar-refractivity contribution in [3.8, 4) is 22.9 Å². The zero-order valence-electron chi connectivity index (χ0n) is 18.7. The Labute approximate surface area is 187 Å². The predicted octanol–water partition coefficient (Wildman–Crippen LogP) is 4.62. The van der Waals surface area contributed by atoms with Crippen molar-refractivity contribution < 1.29 is 14.3 Å². The Hall–Kier alpha value is -3.61. The molecular weight excluding hydrogens is 404 g/mol. The van der Waals surface area contributed by atoms with Gasteiger partial charge in [-0.15, -0.1) is 5.10 Å². The zero-order chi connectivity index (χ0) is 22.5. The maximum absolute atomic E-state index is 13.4. The Balaban J connectivity index is 1.70. The Kier molecular flexibility index (Phi) is 4.77. The molecule has 0 bridgehead atoms. The van der Waals surface area contributed by atoms with Crippen LogP contribution >= 0.6 is 0 Å². The van der Waals surface area contributed by atoms with Crippen LogP contribution in [0.1, 0.15) is 38.3 Å². The van der Waals surface area contributed by atoms with Gasteiger partial charge in [0.05, 0.1) is 19.8 Å². The first-order chi connectivity index (χ1) is 15.4. The van der Waals surface area contributed by atoms with Crippen LogP contribution in [-0.4, -0.2) is 34.8 Å². The maximum Gasteiger partial charge on any atom is 0.226 e. The number of ether oxygens (including phenoxy) is 2. The van der Waals surface area contributed by atoms with E-state index in [1.165, 1.54) is 0 Å². The smallest absolute Gasteiger partial charge is 0.226 e. The molecule has 0 saturated carbocycles. The molecule has 3 aromatic rings. The van der Waals surface area contributed by atoms with E-state index < -0.39 is 0 Å². The van der Waals surface area contributed by atoms with Gasteiger partial charge in [-0.25, -0.2) is 4.68 Å². The second-order valence-electron chi connectivity index (χ2n) is 9.04. The third-order valence-electron chi connectivity index (χ3n) is 6.09. The highest BCUT2D eigenvalue weighted by Crippen LogP contribution is 2.46. The summed E-state index contributed by atoms with van der Waals surface area (Å²) in [6.45, 7) is 4.24. The molecule has 0 amide bonds. The Bertz CT molecular complexity index is 1240. The number of methoxy groups -OCH3 is 2. The van der Waals surface area contributed by atoms with Crippen molar-refractivity contribution in [3.63, 3.8) is 0 Å². The number of rotatable bonds is 4. The van der Waals surface area contributed by atoms with Crippen molar-refractivity contribution in [2.24, 2.45) is 5.41 Å². The molecule has 2 aliphatic rings. The molecule has 1 aliphatic carbocycles. The molecule has 164 valence electrons. The first kappa shape index (κ1) is 20.3. The Morgan fingerprint density at radius 3 is 2.66 bits per heavy atom. The lowest BCUT2D eigenvalue weighted by molar-refractivity contribution is -0.118. The average Bonchev–Trinajstić information content (AvgIpc) is 3.20. The number of allylic oxidation sites excluding steroid dienone is 2. The second-order valence-corrected chi connectivity index (χ2v) is 9.04. The first-order valence-corrected chi connectivity index (χ1v) is 10.7. The van der Waals surface area contributed by atoms with Crippen LogP contribution in [0.2, 0.25) is 0 Å². The average molecular weight is 431 g/mol. The van der Waals surface area contributed by atoms with Crippen LogP contribution in [0.5, 0.6) is 11.5 Å². The van der Waals surface area contributed by atoms with Gasteiger partial charge in [-0.1, -0.05) is 38.1 Å². The lowest BCUT2D eigenvalue weighted by Crippen LogP contribution is -2.36. The molecule has 1 atom stereocenters. The van der Waals surface area contributed by atoms with E-state index in [4.69, 9.17) is 19.6 Å². The maximum atomic E-state index is 13.4. The molecule has 0 radical (unpaired) electrons. The second kappa shape index (κ2) is 7.51. The Morgan fingerprint density at radius 1 is 1.06 bits per heavy atom. The van der Waals surface area contributed by atoms with Gasteiger partial charge >= 0.3 is 0 Å². The molecule has 0 saturated heterocycles. The first-order valence-electron chi connectivity index (χ1n) is 10.7. The highest BCUT2D eigenvalue weighted by atomic mass is 16.5. The lowest BCUT2D eigenvalue weighted by Gasteiger charge is -2.38. The number of benzene rings is 2. The van der Waals surface area contributed by atoms with Crippen molar-refractivity contribution in [2.75, 3.05) is 19.5 Å². The van der Waals surface area contributed by atoms with E-state index in [1.807, 2.05) is 53.2 Å². The highest BCUT2D eigenvalue weighted by molar-refractivity contribution is 6.00. The normalized spacial score (nSPS) is 19.1. The van der Waals surface area contributed by atoms with Gasteiger partial charge in [0.25, 0.3) is 0 Å². The van der Waals surface area contributed by atoms with E-state index in [9.17, 15) is 4.79 Å². The molecule has 7 nitrogen and oxygen atoms in total. The van der Waals surface area contributed by atoms with Crippen LogP contribution in [0.4, 0.5) is 5.95 Å². The van der Waals surface area contributed by atoms with Crippen LogP contribution in [-0.2, 0) is 4.79 Å². The Morgan fingerprint density at radius 2 is 1.88 bits per heavy atom. The topological polar surface area (TPSA) is 78.3 Å². The minimum Gasteiger partial charge on any atom is -0.497 e. The van der Waals surface area contributed by atoms with Crippen molar-refractivity contribution in [1.29, 1.82) is 0 Å². The number of fused-ring (bicyclic) bond motifs is 1. The van der Waals surface area contributed by atoms with E-state index in [2.05, 4.69) is 19.2 Å². The zero-order valence-corrected chi connectivity index (χ0v) is 18.7. The predicted molar refractivity (Wildman–Crippen MR) is 122 cm³/mol. The number of nitrogens with zero attached hydrogens (tertiary/aromatic N) is 3. The molecule has 2 heterocycles. The third-order valence-corrected chi connectivity index (χ3v) is 6.09. The number of nitrogens with one attached hydrogen (secondary N) is 1. The number of carbonyl (C=O) groups excluding carboxylic acids is 1. The number of hydrogen-bond acceptors (Lipinski definition) is 6. The van der Waals surface area contributed by atoms with E-state index in [1.54, 1.807) is 14.2 Å². The van der Waals surface area contributed by atoms with Gasteiger partial charge < -0.3 is 14.8 Å². The molecule has 1 aliphatic heterocycles. The molecule has 5 rings (SSSR count). The van der Waals surface area contributed by atoms with Gasteiger partial charge in [0.2, 0.25) is 5.95 Å². The molecule has 0 spiro atoms. The summed E-state index contributed by atoms with van der Waals surface area (Å²) in [7, 11) is 3.27. The van der Waals surface area contributed by atoms with Crippen molar-refractivity contribution >= 4 is 11.7 Å². The molecule has 32 heavy (non-hydrogen) atoms. The third kappa shape index (κ3) is 3.34. The van der Waals surface area contributed by atoms with Crippen LogP contribution in [0, 0.1) is 5.41 Å². The molecular formula is C25H26N4O3. The summed E-state index contributed by atoms with van der Waals surface area (Å²) in [4.78, 5) is 18.2. The van der Waals surface area contributed by atoms with Gasteiger partial charge in [-0.3, -0.25) is 4.79 Å². The van der Waals surface area contributed by atoms with Crippen LogP contribution in [0.25, 0.3) is 11.4 Å². The SMILES string of the molecule is COc1cccc(C2C3=C(CC(C)(C)CC3=O)Nc3nc(-c4ccccc4OC)nn32)c1. The number of aromatic nitrogens is 3. The molecule has 7 heteroatoms. The molecule has 1 N–H and O–H groups in total. The fourth-order valence-corrected chi connectivity index (χ4v) is 4.67. The van der Waals surface area contributed by atoms with Crippen LogP contribution in [0.15, 0.2) is 59.8 Å². The van der Waals surface area contributed by atoms with Crippen molar-refractivity contribution in [2.45, 2.75) is 32.7 Å². The van der Waals surface area contributed by atoms with E-state index in [0.29, 0.717) is 23.9 Å². The molecule has 0 fully saturated rings. The summed E-state index contributed by atoms with van der Waals surface area (Å²) < 4.78 is 12.8. The summed E-state index contributed by atoms with van der Waals surface area (Å²) in [6.07, 6.45) is 1.27. The highest BCUT2D eigenvalue weighted by Gasteiger charge is 2.42. The quantitative estimate of drug-likeness (QED) is 0.651. The molecule has 1 unspecified atom stereocenters. The number of para-hydroxylation sites is 1. The molecule has 1 aromatic heterocycles. The number of anilines is 1. The number of hydrogen-bond donors (Lipinski definition) is 1. The summed E-state index contributed by atoms with van der Waals surface area (Å²) in [5.74, 6) is 2.73. The fourth-order valence-electron chi connectivity index (χ4n) is 4.67. The van der Waals surface area contributed by atoms with Gasteiger partial charge in [-0.2, -0.15) is 4.98 Å². The minimum absolute atomic E-state index is 0.116. The fraction of sp³-hybridized carbons (Fsp3) is 0.320. The summed E-state index contributed by atoms with van der Waals surface area (Å²) in [5, 5.41) is 8.26. The lowest BCUT2D eigenvalue weighted by atomic mass is 9.73. The van der Waals surface area contributed by atoms with E-state index in [-0.39, 0.29) is 17.2 Å².